The molecule has 0 spiro atoms. The average molecular weight is 422 g/mol. The summed E-state index contributed by atoms with van der Waals surface area (Å²) in [5.74, 6) is 1.42. The number of nitrogens with zero attached hydrogens (tertiary/aromatic N) is 5. The molecule has 0 saturated carbocycles. The van der Waals surface area contributed by atoms with Crippen molar-refractivity contribution in [3.63, 3.8) is 0 Å². The van der Waals surface area contributed by atoms with E-state index in [0.29, 0.717) is 37.4 Å². The number of furan rings is 1. The summed E-state index contributed by atoms with van der Waals surface area (Å²) >= 11 is 0. The maximum atomic E-state index is 12.7. The van der Waals surface area contributed by atoms with Gasteiger partial charge in [0.1, 0.15) is 12.3 Å². The standard InChI is InChI=1S/C22H26N6O3/c1-15-6-7-20-17(11-15)12-18(22(30)23-20)13-27(8-4-9-29)16(2)21-24-25-26-28(21)14-19-5-3-10-31-19/h3,5-7,10-12,16,29H,4,8-9,13-14H2,1-2H3,(H,23,30)/t16-/m1/s1. The number of aliphatic hydroxyl groups excluding tert-OH is 1. The van der Waals surface area contributed by atoms with Gasteiger partial charge in [-0.15, -0.1) is 5.10 Å². The second-order valence-corrected chi connectivity index (χ2v) is 7.71. The second-order valence-electron chi connectivity index (χ2n) is 7.71. The zero-order chi connectivity index (χ0) is 21.8. The Hall–Kier alpha value is -3.30. The molecule has 2 N–H and O–H groups in total. The first kappa shape index (κ1) is 21.0. The highest BCUT2D eigenvalue weighted by molar-refractivity contribution is 5.79. The van der Waals surface area contributed by atoms with Crippen LogP contribution in [0.1, 0.15) is 42.1 Å². The van der Waals surface area contributed by atoms with Gasteiger partial charge in [-0.1, -0.05) is 11.6 Å². The summed E-state index contributed by atoms with van der Waals surface area (Å²) in [6.45, 7) is 5.52. The summed E-state index contributed by atoms with van der Waals surface area (Å²) in [6, 6.07) is 11.4. The number of aromatic nitrogens is 5. The van der Waals surface area contributed by atoms with E-state index in [0.717, 1.165) is 22.2 Å². The number of aryl methyl sites for hydroxylation is 1. The summed E-state index contributed by atoms with van der Waals surface area (Å²) < 4.78 is 7.12. The van der Waals surface area contributed by atoms with Crippen LogP contribution in [0.2, 0.25) is 0 Å². The van der Waals surface area contributed by atoms with Gasteiger partial charge in [-0.3, -0.25) is 9.69 Å². The molecule has 4 aromatic rings. The molecule has 0 aliphatic carbocycles. The monoisotopic (exact) mass is 422 g/mol. The largest absolute Gasteiger partial charge is 0.467 e. The molecule has 1 atom stereocenters. The number of benzene rings is 1. The van der Waals surface area contributed by atoms with Crippen LogP contribution in [0.4, 0.5) is 0 Å². The molecule has 4 rings (SSSR count). The fourth-order valence-electron chi connectivity index (χ4n) is 3.73. The van der Waals surface area contributed by atoms with Crippen LogP contribution in [0.15, 0.2) is 51.9 Å². The Labute approximate surface area is 179 Å². The summed E-state index contributed by atoms with van der Waals surface area (Å²) in [7, 11) is 0. The van der Waals surface area contributed by atoms with Crippen molar-refractivity contribution in [2.75, 3.05) is 13.2 Å². The molecule has 0 bridgehead atoms. The van der Waals surface area contributed by atoms with E-state index in [-0.39, 0.29) is 18.2 Å². The molecule has 1 aromatic carbocycles. The molecular weight excluding hydrogens is 396 g/mol. The van der Waals surface area contributed by atoms with Gasteiger partial charge in [0.25, 0.3) is 5.56 Å². The van der Waals surface area contributed by atoms with Crippen LogP contribution in [0, 0.1) is 6.92 Å². The predicted octanol–water partition coefficient (Wildman–Crippen LogP) is 2.41. The molecule has 3 heterocycles. The van der Waals surface area contributed by atoms with E-state index in [2.05, 4.69) is 31.5 Å². The molecular formula is C22H26N6O3. The van der Waals surface area contributed by atoms with E-state index in [4.69, 9.17) is 4.42 Å². The van der Waals surface area contributed by atoms with Crippen LogP contribution in [-0.2, 0) is 13.1 Å². The molecule has 0 amide bonds. The van der Waals surface area contributed by atoms with Crippen molar-refractivity contribution < 1.29 is 9.52 Å². The summed E-state index contributed by atoms with van der Waals surface area (Å²) in [6.07, 6.45) is 2.19. The number of aromatic amines is 1. The predicted molar refractivity (Wildman–Crippen MR) is 115 cm³/mol. The van der Waals surface area contributed by atoms with Crippen molar-refractivity contribution in [1.82, 2.24) is 30.1 Å². The molecule has 31 heavy (non-hydrogen) atoms. The van der Waals surface area contributed by atoms with Gasteiger partial charge in [-0.25, -0.2) is 4.68 Å². The van der Waals surface area contributed by atoms with Crippen molar-refractivity contribution in [3.05, 3.63) is 75.7 Å². The molecule has 0 fully saturated rings. The molecule has 3 aromatic heterocycles. The molecule has 162 valence electrons. The molecule has 0 aliphatic rings. The second kappa shape index (κ2) is 9.23. The van der Waals surface area contributed by atoms with Crippen molar-refractivity contribution in [1.29, 1.82) is 0 Å². The molecule has 0 aliphatic heterocycles. The average Bonchev–Trinajstić information content (AvgIpc) is 3.43. The Bertz CT molecular complexity index is 1200. The van der Waals surface area contributed by atoms with Gasteiger partial charge < -0.3 is 14.5 Å². The molecule has 9 nitrogen and oxygen atoms in total. The Kier molecular flexibility index (Phi) is 6.24. The topological polar surface area (TPSA) is 113 Å². The number of rotatable bonds is 9. The van der Waals surface area contributed by atoms with Crippen molar-refractivity contribution in [3.8, 4) is 0 Å². The van der Waals surface area contributed by atoms with Gasteiger partial charge in [0, 0.05) is 30.8 Å². The third-order valence-electron chi connectivity index (χ3n) is 5.42. The Morgan fingerprint density at radius 2 is 2.16 bits per heavy atom. The Morgan fingerprint density at radius 3 is 2.94 bits per heavy atom. The number of aliphatic hydroxyl groups is 1. The normalized spacial score (nSPS) is 12.6. The number of hydrogen-bond acceptors (Lipinski definition) is 7. The number of nitrogens with one attached hydrogen (secondary N) is 1. The smallest absolute Gasteiger partial charge is 0.252 e. The maximum absolute atomic E-state index is 12.7. The van der Waals surface area contributed by atoms with Crippen LogP contribution in [0.25, 0.3) is 10.9 Å². The minimum Gasteiger partial charge on any atom is -0.467 e. The summed E-state index contributed by atoms with van der Waals surface area (Å²) in [5, 5.41) is 22.5. The number of hydrogen-bond donors (Lipinski definition) is 2. The van der Waals surface area contributed by atoms with E-state index in [1.807, 2.05) is 44.2 Å². The Balaban J connectivity index is 1.62. The van der Waals surface area contributed by atoms with Gasteiger partial charge in [-0.05, 0) is 66.4 Å². The highest BCUT2D eigenvalue weighted by Crippen LogP contribution is 2.22. The van der Waals surface area contributed by atoms with E-state index in [1.165, 1.54) is 0 Å². The maximum Gasteiger partial charge on any atom is 0.252 e. The van der Waals surface area contributed by atoms with Crippen LogP contribution in [-0.4, -0.2) is 48.3 Å². The van der Waals surface area contributed by atoms with Gasteiger partial charge >= 0.3 is 0 Å². The number of H-pyrrole nitrogens is 1. The van der Waals surface area contributed by atoms with Crippen LogP contribution in [0.3, 0.4) is 0 Å². The van der Waals surface area contributed by atoms with Crippen LogP contribution < -0.4 is 5.56 Å². The minimum absolute atomic E-state index is 0.0633. The highest BCUT2D eigenvalue weighted by atomic mass is 16.3. The zero-order valence-electron chi connectivity index (χ0n) is 17.7. The third-order valence-corrected chi connectivity index (χ3v) is 5.42. The van der Waals surface area contributed by atoms with Gasteiger partial charge in [0.05, 0.1) is 12.3 Å². The van der Waals surface area contributed by atoms with Crippen molar-refractivity contribution in [2.45, 2.75) is 39.4 Å². The SMILES string of the molecule is Cc1ccc2[nH]c(=O)c(CN(CCCO)[C@H](C)c3nnnn3Cc3ccco3)cc2c1. The number of tetrazole rings is 1. The van der Waals surface area contributed by atoms with E-state index < -0.39 is 0 Å². The van der Waals surface area contributed by atoms with Gasteiger partial charge in [-0.2, -0.15) is 0 Å². The van der Waals surface area contributed by atoms with E-state index in [9.17, 15) is 9.90 Å². The Morgan fingerprint density at radius 1 is 1.29 bits per heavy atom. The highest BCUT2D eigenvalue weighted by Gasteiger charge is 2.23. The third kappa shape index (κ3) is 4.73. The van der Waals surface area contributed by atoms with Crippen molar-refractivity contribution in [2.24, 2.45) is 0 Å². The van der Waals surface area contributed by atoms with Gasteiger partial charge in [0.15, 0.2) is 5.82 Å². The number of fused-ring (bicyclic) bond motifs is 1. The van der Waals surface area contributed by atoms with E-state index >= 15 is 0 Å². The minimum atomic E-state index is -0.177. The zero-order valence-corrected chi connectivity index (χ0v) is 17.7. The molecule has 0 unspecified atom stereocenters. The van der Waals surface area contributed by atoms with Crippen LogP contribution in [0.5, 0.6) is 0 Å². The molecule has 9 heteroatoms. The fraction of sp³-hybridized carbons (Fsp3) is 0.364. The quantitative estimate of drug-likeness (QED) is 0.426. The lowest BCUT2D eigenvalue weighted by molar-refractivity contribution is 0.166. The summed E-state index contributed by atoms with van der Waals surface area (Å²) in [4.78, 5) is 17.8. The lowest BCUT2D eigenvalue weighted by atomic mass is 10.1. The van der Waals surface area contributed by atoms with Crippen molar-refractivity contribution >= 4 is 10.9 Å². The number of pyridine rings is 1. The van der Waals surface area contributed by atoms with E-state index in [1.54, 1.807) is 10.9 Å². The van der Waals surface area contributed by atoms with Gasteiger partial charge in [0.2, 0.25) is 0 Å². The first-order valence-corrected chi connectivity index (χ1v) is 10.3. The molecule has 0 saturated heterocycles. The molecule has 0 radical (unpaired) electrons. The first-order valence-electron chi connectivity index (χ1n) is 10.3. The lowest BCUT2D eigenvalue weighted by Gasteiger charge is -2.28. The fourth-order valence-corrected chi connectivity index (χ4v) is 3.73. The van der Waals surface area contributed by atoms with Crippen LogP contribution >= 0.6 is 0 Å². The summed E-state index contributed by atoms with van der Waals surface area (Å²) in [5.41, 5.74) is 2.49. The lowest BCUT2D eigenvalue weighted by Crippen LogP contribution is -2.32. The first-order chi connectivity index (χ1) is 15.0.